The highest BCUT2D eigenvalue weighted by atomic mass is 16.5. The molecule has 2 aliphatic rings. The average molecular weight is 377 g/mol. The Morgan fingerprint density at radius 2 is 1.79 bits per heavy atom. The highest BCUT2D eigenvalue weighted by Gasteiger charge is 2.31. The van der Waals surface area contributed by atoms with E-state index in [1.807, 2.05) is 12.1 Å². The van der Waals surface area contributed by atoms with Gasteiger partial charge in [0.15, 0.2) is 17.3 Å². The van der Waals surface area contributed by atoms with Crippen LogP contribution in [-0.2, 0) is 13.0 Å². The molecule has 28 heavy (non-hydrogen) atoms. The van der Waals surface area contributed by atoms with Crippen molar-refractivity contribution in [2.24, 2.45) is 5.92 Å². The maximum atomic E-state index is 13.0. The molecule has 0 spiro atoms. The fraction of sp³-hybridized carbons (Fsp3) is 0.375. The minimum absolute atomic E-state index is 0.0949. The Bertz CT molecular complexity index is 880. The lowest BCUT2D eigenvalue weighted by atomic mass is 9.93. The monoisotopic (exact) mass is 377 g/mol. The third kappa shape index (κ3) is 3.69. The van der Waals surface area contributed by atoms with E-state index >= 15 is 0 Å². The number of benzene rings is 2. The molecular formula is C24H27NO3. The molecule has 0 bridgehead atoms. The third-order valence-electron chi connectivity index (χ3n) is 5.85. The summed E-state index contributed by atoms with van der Waals surface area (Å²) in [6.45, 7) is 3.15. The molecule has 1 aliphatic heterocycles. The summed E-state index contributed by atoms with van der Waals surface area (Å²) in [4.78, 5) is 15.5. The van der Waals surface area contributed by atoms with Crippen molar-refractivity contribution in [1.29, 1.82) is 0 Å². The molecule has 0 amide bonds. The number of ether oxygens (including phenoxy) is 2. The van der Waals surface area contributed by atoms with E-state index < -0.39 is 0 Å². The van der Waals surface area contributed by atoms with Gasteiger partial charge in [-0.05, 0) is 49.0 Å². The Morgan fingerprint density at radius 3 is 2.46 bits per heavy atom. The molecule has 1 aliphatic carbocycles. The van der Waals surface area contributed by atoms with Crippen LogP contribution in [0.5, 0.6) is 11.5 Å². The third-order valence-corrected chi connectivity index (χ3v) is 5.85. The normalized spacial score (nSPS) is 19.1. The number of Topliss-reactive ketones (excluding diaryl/α,β-unsaturated/α-hetero) is 1. The van der Waals surface area contributed by atoms with Crippen LogP contribution in [-0.4, -0.2) is 38.0 Å². The predicted molar refractivity (Wildman–Crippen MR) is 110 cm³/mol. The van der Waals surface area contributed by atoms with Gasteiger partial charge >= 0.3 is 0 Å². The van der Waals surface area contributed by atoms with E-state index in [9.17, 15) is 4.79 Å². The van der Waals surface area contributed by atoms with Crippen LogP contribution in [0.1, 0.15) is 34.3 Å². The van der Waals surface area contributed by atoms with Crippen molar-refractivity contribution in [3.05, 3.63) is 70.8 Å². The number of allylic oxidation sites excluding steroid dienone is 2. The summed E-state index contributed by atoms with van der Waals surface area (Å²) in [6.07, 6.45) is 5.10. The van der Waals surface area contributed by atoms with Gasteiger partial charge < -0.3 is 9.47 Å². The van der Waals surface area contributed by atoms with Crippen LogP contribution >= 0.6 is 0 Å². The van der Waals surface area contributed by atoms with Crippen LogP contribution in [0.2, 0.25) is 0 Å². The summed E-state index contributed by atoms with van der Waals surface area (Å²) in [5.41, 5.74) is 3.98. The summed E-state index contributed by atoms with van der Waals surface area (Å²) >= 11 is 0. The smallest absolute Gasteiger partial charge is 0.193 e. The number of carbonyl (C=O) groups excluding carboxylic acids is 1. The Kier molecular flexibility index (Phi) is 5.49. The van der Waals surface area contributed by atoms with Gasteiger partial charge in [-0.15, -0.1) is 0 Å². The van der Waals surface area contributed by atoms with E-state index in [4.69, 9.17) is 9.47 Å². The minimum Gasteiger partial charge on any atom is -0.493 e. The second kappa shape index (κ2) is 8.19. The molecule has 1 fully saturated rings. The first-order valence-corrected chi connectivity index (χ1v) is 9.95. The molecule has 2 aromatic carbocycles. The first-order chi connectivity index (χ1) is 13.7. The first-order valence-electron chi connectivity index (χ1n) is 9.95. The topological polar surface area (TPSA) is 38.8 Å². The van der Waals surface area contributed by atoms with Crippen LogP contribution < -0.4 is 9.47 Å². The lowest BCUT2D eigenvalue weighted by Gasteiger charge is -2.30. The minimum atomic E-state index is 0.0949. The summed E-state index contributed by atoms with van der Waals surface area (Å²) < 4.78 is 10.8. The Hall–Kier alpha value is -2.59. The lowest BCUT2D eigenvalue weighted by Crippen LogP contribution is -2.32. The second-order valence-corrected chi connectivity index (χ2v) is 7.63. The molecule has 4 nitrogen and oxygen atoms in total. The van der Waals surface area contributed by atoms with Crippen molar-refractivity contribution in [3.8, 4) is 11.5 Å². The van der Waals surface area contributed by atoms with Gasteiger partial charge in [0.1, 0.15) is 0 Å². The van der Waals surface area contributed by atoms with Crippen LogP contribution in [0.4, 0.5) is 0 Å². The zero-order valence-electron chi connectivity index (χ0n) is 16.6. The number of hydrogen-bond acceptors (Lipinski definition) is 4. The Labute approximate surface area is 166 Å². The molecule has 1 heterocycles. The quantitative estimate of drug-likeness (QED) is 0.729. The Balaban J connectivity index is 1.42. The fourth-order valence-electron chi connectivity index (χ4n) is 4.35. The van der Waals surface area contributed by atoms with Crippen LogP contribution in [0.25, 0.3) is 0 Å². The van der Waals surface area contributed by atoms with E-state index in [0.29, 0.717) is 29.4 Å². The maximum absolute atomic E-state index is 13.0. The molecular weight excluding hydrogens is 350 g/mol. The summed E-state index contributed by atoms with van der Waals surface area (Å²) in [7, 11) is 3.19. The standard InChI is InChI=1S/C24H27NO3/c1-27-21-9-8-19-15-20(23(26)22(19)24(21)28-2)14-17-10-12-25(13-11-17)16-18-6-4-3-5-7-18/h3-9,14,17H,10-13,15-16H2,1-2H3/b20-14+. The number of hydrogen-bond donors (Lipinski definition) is 0. The summed E-state index contributed by atoms with van der Waals surface area (Å²) in [6, 6.07) is 14.5. The number of nitrogens with zero attached hydrogens (tertiary/aromatic N) is 1. The summed E-state index contributed by atoms with van der Waals surface area (Å²) in [5.74, 6) is 1.74. The van der Waals surface area contributed by atoms with E-state index in [1.165, 1.54) is 5.56 Å². The van der Waals surface area contributed by atoms with Crippen LogP contribution in [0.3, 0.4) is 0 Å². The molecule has 4 heteroatoms. The second-order valence-electron chi connectivity index (χ2n) is 7.63. The fourth-order valence-corrected chi connectivity index (χ4v) is 4.35. The first kappa shape index (κ1) is 18.8. The van der Waals surface area contributed by atoms with Gasteiger partial charge in [0, 0.05) is 18.5 Å². The van der Waals surface area contributed by atoms with Crippen molar-refractivity contribution < 1.29 is 14.3 Å². The van der Waals surface area contributed by atoms with E-state index in [0.717, 1.165) is 43.6 Å². The SMILES string of the molecule is COc1ccc2c(c1OC)C(=O)/C(=C/C1CCN(Cc3ccccc3)CC1)C2. The highest BCUT2D eigenvalue weighted by Crippen LogP contribution is 2.40. The number of likely N-dealkylation sites (tertiary alicyclic amines) is 1. The molecule has 0 N–H and O–H groups in total. The molecule has 1 saturated heterocycles. The molecule has 4 rings (SSSR count). The number of ketones is 1. The summed E-state index contributed by atoms with van der Waals surface area (Å²) in [5, 5.41) is 0. The average Bonchev–Trinajstić information content (AvgIpc) is 3.05. The Morgan fingerprint density at radius 1 is 1.04 bits per heavy atom. The zero-order chi connectivity index (χ0) is 19.5. The maximum Gasteiger partial charge on any atom is 0.193 e. The van der Waals surface area contributed by atoms with Crippen molar-refractivity contribution in [2.75, 3.05) is 27.3 Å². The number of methoxy groups -OCH3 is 2. The van der Waals surface area contributed by atoms with Gasteiger partial charge in [-0.1, -0.05) is 42.5 Å². The highest BCUT2D eigenvalue weighted by molar-refractivity contribution is 6.15. The van der Waals surface area contributed by atoms with Crippen molar-refractivity contribution in [3.63, 3.8) is 0 Å². The van der Waals surface area contributed by atoms with Crippen LogP contribution in [0, 0.1) is 5.92 Å². The molecule has 2 aromatic rings. The number of carbonyl (C=O) groups is 1. The lowest BCUT2D eigenvalue weighted by molar-refractivity contribution is 0.103. The molecule has 0 radical (unpaired) electrons. The van der Waals surface area contributed by atoms with Crippen molar-refractivity contribution in [1.82, 2.24) is 4.90 Å². The van der Waals surface area contributed by atoms with Gasteiger partial charge in [0.25, 0.3) is 0 Å². The number of fused-ring (bicyclic) bond motifs is 1. The van der Waals surface area contributed by atoms with Crippen molar-refractivity contribution in [2.45, 2.75) is 25.8 Å². The van der Waals surface area contributed by atoms with Crippen LogP contribution in [0.15, 0.2) is 54.1 Å². The van der Waals surface area contributed by atoms with Crippen molar-refractivity contribution >= 4 is 5.78 Å². The molecule has 0 aromatic heterocycles. The number of rotatable bonds is 5. The van der Waals surface area contributed by atoms with E-state index in [-0.39, 0.29) is 5.78 Å². The number of piperidine rings is 1. The molecule has 0 unspecified atom stereocenters. The van der Waals surface area contributed by atoms with Gasteiger partial charge in [-0.25, -0.2) is 0 Å². The molecule has 0 saturated carbocycles. The van der Waals surface area contributed by atoms with Gasteiger partial charge in [0.05, 0.1) is 19.8 Å². The largest absolute Gasteiger partial charge is 0.493 e. The zero-order valence-corrected chi connectivity index (χ0v) is 16.6. The van der Waals surface area contributed by atoms with E-state index in [2.05, 4.69) is 41.3 Å². The predicted octanol–water partition coefficient (Wildman–Crippen LogP) is 4.28. The molecule has 146 valence electrons. The van der Waals surface area contributed by atoms with E-state index in [1.54, 1.807) is 14.2 Å². The van der Waals surface area contributed by atoms with Gasteiger partial charge in [0.2, 0.25) is 0 Å². The molecule has 0 atom stereocenters. The van der Waals surface area contributed by atoms with Gasteiger partial charge in [-0.2, -0.15) is 0 Å². The van der Waals surface area contributed by atoms with Gasteiger partial charge in [-0.3, -0.25) is 9.69 Å².